The van der Waals surface area contributed by atoms with Crippen molar-refractivity contribution in [2.75, 3.05) is 27.4 Å². The van der Waals surface area contributed by atoms with Gasteiger partial charge >= 0.3 is 5.97 Å². The lowest BCUT2D eigenvalue weighted by molar-refractivity contribution is -0.144. The average molecular weight is 364 g/mol. The van der Waals surface area contributed by atoms with Crippen LogP contribution in [0.3, 0.4) is 0 Å². The second kappa shape index (κ2) is 10.8. The van der Waals surface area contributed by atoms with Crippen LogP contribution in [0.2, 0.25) is 0 Å². The number of rotatable bonds is 9. The van der Waals surface area contributed by atoms with Crippen LogP contribution in [0.5, 0.6) is 11.5 Å². The smallest absolute Gasteiger partial charge is 0.331 e. The summed E-state index contributed by atoms with van der Waals surface area (Å²) in [5, 5.41) is 5.02. The van der Waals surface area contributed by atoms with E-state index in [0.29, 0.717) is 23.6 Å². The molecule has 0 aliphatic rings. The maximum Gasteiger partial charge on any atom is 0.331 e. The van der Waals surface area contributed by atoms with Crippen molar-refractivity contribution in [3.63, 3.8) is 0 Å². The van der Waals surface area contributed by atoms with Crippen LogP contribution in [0.1, 0.15) is 19.4 Å². The zero-order valence-electron chi connectivity index (χ0n) is 15.3. The first-order valence-electron chi connectivity index (χ1n) is 8.05. The minimum Gasteiger partial charge on any atom is -0.497 e. The van der Waals surface area contributed by atoms with Crippen molar-refractivity contribution in [3.05, 3.63) is 29.8 Å². The fraction of sp³-hybridized carbons (Fsp3) is 0.389. The normalized spacial score (nSPS) is 11.5. The highest BCUT2D eigenvalue weighted by molar-refractivity contribution is 5.91. The van der Waals surface area contributed by atoms with Gasteiger partial charge in [-0.3, -0.25) is 9.59 Å². The maximum absolute atomic E-state index is 11.7. The van der Waals surface area contributed by atoms with E-state index >= 15 is 0 Å². The molecule has 1 rings (SSSR count). The van der Waals surface area contributed by atoms with Crippen LogP contribution in [0.25, 0.3) is 6.08 Å². The first-order valence-corrected chi connectivity index (χ1v) is 8.05. The molecule has 0 saturated carbocycles. The molecule has 8 heteroatoms. The van der Waals surface area contributed by atoms with Crippen molar-refractivity contribution in [1.82, 2.24) is 10.6 Å². The highest BCUT2D eigenvalue weighted by Crippen LogP contribution is 2.25. The molecule has 0 aliphatic heterocycles. The summed E-state index contributed by atoms with van der Waals surface area (Å²) in [4.78, 5) is 34.9. The fourth-order valence-corrected chi connectivity index (χ4v) is 1.97. The molecule has 0 aliphatic carbocycles. The average Bonchev–Trinajstić information content (AvgIpc) is 2.64. The molecular formula is C18H24N2O6. The molecule has 1 atom stereocenters. The van der Waals surface area contributed by atoms with Gasteiger partial charge in [-0.05, 0) is 32.1 Å². The number of ether oxygens (including phenoxy) is 3. The number of amides is 2. The SMILES string of the molecule is CCNC(=O)[C@@H](C)NC(=O)COC(=O)/C=C/c1ccc(OC)cc1OC. The van der Waals surface area contributed by atoms with Gasteiger partial charge in [-0.2, -0.15) is 0 Å². The summed E-state index contributed by atoms with van der Waals surface area (Å²) in [5.74, 6) is -0.406. The number of carbonyl (C=O) groups is 3. The molecule has 0 radical (unpaired) electrons. The zero-order valence-corrected chi connectivity index (χ0v) is 15.3. The summed E-state index contributed by atoms with van der Waals surface area (Å²) in [6, 6.07) is 4.42. The van der Waals surface area contributed by atoms with E-state index in [0.717, 1.165) is 0 Å². The predicted octanol–water partition coefficient (Wildman–Crippen LogP) is 0.901. The predicted molar refractivity (Wildman–Crippen MR) is 95.8 cm³/mol. The number of nitrogens with one attached hydrogen (secondary N) is 2. The Morgan fingerprint density at radius 2 is 1.92 bits per heavy atom. The summed E-state index contributed by atoms with van der Waals surface area (Å²) < 4.78 is 15.2. The van der Waals surface area contributed by atoms with Gasteiger partial charge < -0.3 is 24.8 Å². The van der Waals surface area contributed by atoms with Crippen molar-refractivity contribution < 1.29 is 28.6 Å². The lowest BCUT2D eigenvalue weighted by atomic mass is 10.2. The van der Waals surface area contributed by atoms with Crippen molar-refractivity contribution in [1.29, 1.82) is 0 Å². The zero-order chi connectivity index (χ0) is 19.5. The molecule has 0 bridgehead atoms. The molecule has 0 fully saturated rings. The Morgan fingerprint density at radius 3 is 2.54 bits per heavy atom. The second-order valence-electron chi connectivity index (χ2n) is 5.23. The second-order valence-corrected chi connectivity index (χ2v) is 5.23. The number of esters is 1. The molecule has 0 saturated heterocycles. The summed E-state index contributed by atoms with van der Waals surface area (Å²) in [6.07, 6.45) is 2.70. The lowest BCUT2D eigenvalue weighted by Crippen LogP contribution is -2.46. The summed E-state index contributed by atoms with van der Waals surface area (Å²) >= 11 is 0. The quantitative estimate of drug-likeness (QED) is 0.499. The van der Waals surface area contributed by atoms with Gasteiger partial charge in [0.05, 0.1) is 14.2 Å². The standard InChI is InChI=1S/C18H24N2O6/c1-5-19-18(23)12(2)20-16(21)11-26-17(22)9-7-13-6-8-14(24-3)10-15(13)25-4/h6-10,12H,5,11H2,1-4H3,(H,19,23)(H,20,21)/b9-7+/t12-/m1/s1. The Morgan fingerprint density at radius 1 is 1.19 bits per heavy atom. The van der Waals surface area contributed by atoms with E-state index in [-0.39, 0.29) is 5.91 Å². The molecular weight excluding hydrogens is 340 g/mol. The van der Waals surface area contributed by atoms with E-state index in [1.54, 1.807) is 39.2 Å². The number of carbonyl (C=O) groups excluding carboxylic acids is 3. The Hall–Kier alpha value is -3.03. The molecule has 142 valence electrons. The summed E-state index contributed by atoms with van der Waals surface area (Å²) in [5.41, 5.74) is 0.652. The van der Waals surface area contributed by atoms with Crippen LogP contribution in [-0.2, 0) is 19.1 Å². The molecule has 26 heavy (non-hydrogen) atoms. The number of hydrogen-bond acceptors (Lipinski definition) is 6. The highest BCUT2D eigenvalue weighted by Gasteiger charge is 2.15. The first-order chi connectivity index (χ1) is 12.4. The molecule has 8 nitrogen and oxygen atoms in total. The number of benzene rings is 1. The van der Waals surface area contributed by atoms with E-state index in [4.69, 9.17) is 14.2 Å². The van der Waals surface area contributed by atoms with E-state index in [9.17, 15) is 14.4 Å². The van der Waals surface area contributed by atoms with Gasteiger partial charge in [0.2, 0.25) is 5.91 Å². The summed E-state index contributed by atoms with van der Waals surface area (Å²) in [6.45, 7) is 3.30. The Bertz CT molecular complexity index is 672. The molecule has 1 aromatic carbocycles. The van der Waals surface area contributed by atoms with E-state index in [2.05, 4.69) is 10.6 Å². The van der Waals surface area contributed by atoms with Crippen LogP contribution in [0.4, 0.5) is 0 Å². The Labute approximate surface area is 152 Å². The van der Waals surface area contributed by atoms with Crippen LogP contribution >= 0.6 is 0 Å². The minimum absolute atomic E-state index is 0.307. The molecule has 1 aromatic rings. The van der Waals surface area contributed by atoms with Crippen LogP contribution < -0.4 is 20.1 Å². The lowest BCUT2D eigenvalue weighted by Gasteiger charge is -2.13. The minimum atomic E-state index is -0.708. The number of hydrogen-bond donors (Lipinski definition) is 2. The first kappa shape index (κ1) is 21.0. The van der Waals surface area contributed by atoms with Crippen molar-refractivity contribution in [3.8, 4) is 11.5 Å². The van der Waals surface area contributed by atoms with Gasteiger partial charge in [-0.1, -0.05) is 0 Å². The van der Waals surface area contributed by atoms with E-state index in [1.807, 2.05) is 0 Å². The molecule has 2 amide bonds. The fourth-order valence-electron chi connectivity index (χ4n) is 1.97. The van der Waals surface area contributed by atoms with Crippen LogP contribution in [0.15, 0.2) is 24.3 Å². The molecule has 0 heterocycles. The van der Waals surface area contributed by atoms with Gasteiger partial charge in [0.15, 0.2) is 6.61 Å². The molecule has 2 N–H and O–H groups in total. The maximum atomic E-state index is 11.7. The third-order valence-electron chi connectivity index (χ3n) is 3.31. The van der Waals surface area contributed by atoms with Gasteiger partial charge in [0.1, 0.15) is 17.5 Å². The van der Waals surface area contributed by atoms with Gasteiger partial charge in [0, 0.05) is 24.3 Å². The Kier molecular flexibility index (Phi) is 8.69. The Balaban J connectivity index is 2.53. The van der Waals surface area contributed by atoms with Crippen molar-refractivity contribution >= 4 is 23.9 Å². The van der Waals surface area contributed by atoms with Crippen molar-refractivity contribution in [2.45, 2.75) is 19.9 Å². The topological polar surface area (TPSA) is 103 Å². The number of methoxy groups -OCH3 is 2. The van der Waals surface area contributed by atoms with Gasteiger partial charge in [0.25, 0.3) is 5.91 Å². The van der Waals surface area contributed by atoms with E-state index < -0.39 is 24.5 Å². The molecule has 0 aromatic heterocycles. The largest absolute Gasteiger partial charge is 0.497 e. The highest BCUT2D eigenvalue weighted by atomic mass is 16.5. The van der Waals surface area contributed by atoms with Crippen molar-refractivity contribution in [2.24, 2.45) is 0 Å². The van der Waals surface area contributed by atoms with Crippen LogP contribution in [-0.4, -0.2) is 51.2 Å². The third kappa shape index (κ3) is 6.84. The van der Waals surface area contributed by atoms with Gasteiger partial charge in [-0.25, -0.2) is 4.79 Å². The van der Waals surface area contributed by atoms with E-state index in [1.165, 1.54) is 19.3 Å². The van der Waals surface area contributed by atoms with Gasteiger partial charge in [-0.15, -0.1) is 0 Å². The summed E-state index contributed by atoms with van der Waals surface area (Å²) in [7, 11) is 3.05. The number of likely N-dealkylation sites (N-methyl/N-ethyl adjacent to an activating group) is 1. The third-order valence-corrected chi connectivity index (χ3v) is 3.31. The monoisotopic (exact) mass is 364 g/mol. The van der Waals surface area contributed by atoms with Crippen LogP contribution in [0, 0.1) is 0 Å². The molecule has 0 unspecified atom stereocenters. The molecule has 0 spiro atoms.